The minimum absolute atomic E-state index is 0.0544. The molecule has 18 heavy (non-hydrogen) atoms. The highest BCUT2D eigenvalue weighted by molar-refractivity contribution is 6.08. The Balaban J connectivity index is 2.56. The number of aliphatic hydroxyl groups is 1. The molecule has 0 saturated carbocycles. The molecule has 1 aliphatic heterocycles. The van der Waals surface area contributed by atoms with Crippen molar-refractivity contribution in [1.29, 1.82) is 0 Å². The van der Waals surface area contributed by atoms with Crippen LogP contribution >= 0.6 is 0 Å². The van der Waals surface area contributed by atoms with E-state index in [-0.39, 0.29) is 13.1 Å². The summed E-state index contributed by atoms with van der Waals surface area (Å²) in [5, 5.41) is 14.4. The fraction of sp³-hybridized carbons (Fsp3) is 0.727. The zero-order chi connectivity index (χ0) is 14.1. The van der Waals surface area contributed by atoms with Crippen molar-refractivity contribution in [1.82, 2.24) is 15.5 Å². The lowest BCUT2D eigenvalue weighted by molar-refractivity contribution is -0.134. The van der Waals surface area contributed by atoms with Crippen molar-refractivity contribution in [3.63, 3.8) is 0 Å². The topological polar surface area (TPSA) is 98.7 Å². The van der Waals surface area contributed by atoms with Gasteiger partial charge in [-0.1, -0.05) is 0 Å². The van der Waals surface area contributed by atoms with Gasteiger partial charge in [-0.2, -0.15) is 0 Å². The van der Waals surface area contributed by atoms with Gasteiger partial charge in [-0.25, -0.2) is 4.79 Å². The van der Waals surface area contributed by atoms with Crippen LogP contribution < -0.4 is 10.6 Å². The first-order valence-electron chi connectivity index (χ1n) is 5.66. The molecule has 0 aromatic heterocycles. The van der Waals surface area contributed by atoms with Crippen molar-refractivity contribution < 1.29 is 19.5 Å². The average Bonchev–Trinajstić information content (AvgIpc) is 2.37. The molecular formula is C11H19N3O4. The van der Waals surface area contributed by atoms with Crippen LogP contribution in [-0.4, -0.2) is 52.1 Å². The number of amides is 4. The van der Waals surface area contributed by atoms with Crippen LogP contribution in [0.1, 0.15) is 27.7 Å². The van der Waals surface area contributed by atoms with Crippen molar-refractivity contribution in [2.75, 3.05) is 13.1 Å². The third-order valence-corrected chi connectivity index (χ3v) is 2.46. The molecule has 0 spiro atoms. The number of imide groups is 1. The third-order valence-electron chi connectivity index (χ3n) is 2.46. The quantitative estimate of drug-likeness (QED) is 0.574. The van der Waals surface area contributed by atoms with Gasteiger partial charge in [0.2, 0.25) is 5.91 Å². The summed E-state index contributed by atoms with van der Waals surface area (Å²) < 4.78 is 0. The lowest BCUT2D eigenvalue weighted by Crippen LogP contribution is -2.45. The molecule has 1 aliphatic rings. The molecule has 102 valence electrons. The van der Waals surface area contributed by atoms with Crippen LogP contribution in [-0.2, 0) is 9.59 Å². The van der Waals surface area contributed by atoms with Gasteiger partial charge >= 0.3 is 6.03 Å². The van der Waals surface area contributed by atoms with E-state index in [2.05, 4.69) is 10.6 Å². The lowest BCUT2D eigenvalue weighted by atomic mass is 10.1. The second-order valence-electron chi connectivity index (χ2n) is 5.54. The fourth-order valence-corrected chi connectivity index (χ4v) is 1.48. The van der Waals surface area contributed by atoms with E-state index in [0.29, 0.717) is 0 Å². The van der Waals surface area contributed by atoms with E-state index in [1.807, 2.05) is 0 Å². The number of hydrogen-bond donors (Lipinski definition) is 3. The number of nitrogens with one attached hydrogen (secondary N) is 2. The third kappa shape index (κ3) is 3.43. The number of rotatable bonds is 4. The van der Waals surface area contributed by atoms with Crippen LogP contribution in [0.3, 0.4) is 0 Å². The van der Waals surface area contributed by atoms with E-state index in [0.717, 1.165) is 4.90 Å². The molecular weight excluding hydrogens is 238 g/mol. The highest BCUT2D eigenvalue weighted by Gasteiger charge is 2.44. The van der Waals surface area contributed by atoms with Crippen molar-refractivity contribution in [2.24, 2.45) is 0 Å². The summed E-state index contributed by atoms with van der Waals surface area (Å²) >= 11 is 0. The van der Waals surface area contributed by atoms with Crippen LogP contribution in [0.2, 0.25) is 0 Å². The normalized spacial score (nSPS) is 18.8. The number of hydrogen-bond acceptors (Lipinski definition) is 4. The molecule has 0 atom stereocenters. The van der Waals surface area contributed by atoms with E-state index < -0.39 is 29.0 Å². The summed E-state index contributed by atoms with van der Waals surface area (Å²) in [7, 11) is 0. The van der Waals surface area contributed by atoms with Crippen molar-refractivity contribution in [2.45, 2.75) is 38.8 Å². The highest BCUT2D eigenvalue weighted by Crippen LogP contribution is 2.15. The molecule has 1 rings (SSSR count). The molecule has 0 aliphatic carbocycles. The maximum absolute atomic E-state index is 11.8. The Morgan fingerprint density at radius 2 is 2.00 bits per heavy atom. The summed E-state index contributed by atoms with van der Waals surface area (Å²) in [6.07, 6.45) is 0. The highest BCUT2D eigenvalue weighted by atomic mass is 16.3. The number of carbonyl (C=O) groups excluding carboxylic acids is 3. The van der Waals surface area contributed by atoms with Gasteiger partial charge in [0.05, 0.1) is 5.60 Å². The lowest BCUT2D eigenvalue weighted by Gasteiger charge is -2.19. The molecule has 1 fully saturated rings. The Kier molecular flexibility index (Phi) is 3.66. The molecule has 4 amide bonds. The van der Waals surface area contributed by atoms with Crippen molar-refractivity contribution in [3.8, 4) is 0 Å². The molecule has 3 N–H and O–H groups in total. The van der Waals surface area contributed by atoms with E-state index in [9.17, 15) is 19.5 Å². The van der Waals surface area contributed by atoms with E-state index >= 15 is 0 Å². The number of nitrogens with zero attached hydrogens (tertiary/aromatic N) is 1. The SMILES string of the molecule is CC(C)(O)CNC(=O)CN1C(=O)NC(C)(C)C1=O. The van der Waals surface area contributed by atoms with Crippen molar-refractivity contribution in [3.05, 3.63) is 0 Å². The molecule has 7 heteroatoms. The summed E-state index contributed by atoms with van der Waals surface area (Å²) in [5.41, 5.74) is -2.01. The van der Waals surface area contributed by atoms with Crippen LogP contribution in [0.15, 0.2) is 0 Å². The summed E-state index contributed by atoms with van der Waals surface area (Å²) in [4.78, 5) is 35.7. The largest absolute Gasteiger partial charge is 0.389 e. The van der Waals surface area contributed by atoms with E-state index in [1.54, 1.807) is 27.7 Å². The number of urea groups is 1. The molecule has 0 unspecified atom stereocenters. The first-order valence-corrected chi connectivity index (χ1v) is 5.66. The van der Waals surface area contributed by atoms with Gasteiger partial charge in [-0.05, 0) is 27.7 Å². The molecule has 0 aromatic carbocycles. The molecule has 1 saturated heterocycles. The average molecular weight is 257 g/mol. The second-order valence-corrected chi connectivity index (χ2v) is 5.54. The van der Waals surface area contributed by atoms with Gasteiger partial charge in [0.25, 0.3) is 5.91 Å². The molecule has 0 bridgehead atoms. The summed E-state index contributed by atoms with van der Waals surface area (Å²) in [6, 6.07) is -0.580. The van der Waals surface area contributed by atoms with Crippen LogP contribution in [0.5, 0.6) is 0 Å². The van der Waals surface area contributed by atoms with Crippen LogP contribution in [0.4, 0.5) is 4.79 Å². The van der Waals surface area contributed by atoms with Gasteiger partial charge in [-0.3, -0.25) is 14.5 Å². The smallest absolute Gasteiger partial charge is 0.325 e. The minimum Gasteiger partial charge on any atom is -0.389 e. The molecule has 7 nitrogen and oxygen atoms in total. The van der Waals surface area contributed by atoms with Crippen molar-refractivity contribution >= 4 is 17.8 Å². The Hall–Kier alpha value is -1.63. The molecule has 0 radical (unpaired) electrons. The first-order chi connectivity index (χ1) is 8.03. The predicted octanol–water partition coefficient (Wildman–Crippen LogP) is -0.796. The van der Waals surface area contributed by atoms with Gasteiger partial charge in [0.15, 0.2) is 0 Å². The molecule has 1 heterocycles. The summed E-state index contributed by atoms with van der Waals surface area (Å²) in [5.74, 6) is -0.927. The van der Waals surface area contributed by atoms with Gasteiger partial charge in [0.1, 0.15) is 12.1 Å². The maximum atomic E-state index is 11.8. The monoisotopic (exact) mass is 257 g/mol. The minimum atomic E-state index is -1.04. The Morgan fingerprint density at radius 3 is 2.39 bits per heavy atom. The van der Waals surface area contributed by atoms with Crippen LogP contribution in [0.25, 0.3) is 0 Å². The zero-order valence-electron chi connectivity index (χ0n) is 11.0. The Bertz CT molecular complexity index is 384. The van der Waals surface area contributed by atoms with Gasteiger partial charge < -0.3 is 15.7 Å². The summed E-state index contributed by atoms with van der Waals surface area (Å²) in [6.45, 7) is 5.95. The Morgan fingerprint density at radius 1 is 1.44 bits per heavy atom. The maximum Gasteiger partial charge on any atom is 0.325 e. The van der Waals surface area contributed by atoms with E-state index in [1.165, 1.54) is 0 Å². The predicted molar refractivity (Wildman–Crippen MR) is 63.6 cm³/mol. The van der Waals surface area contributed by atoms with E-state index in [4.69, 9.17) is 0 Å². The van der Waals surface area contributed by atoms with Crippen LogP contribution in [0, 0.1) is 0 Å². The first kappa shape index (κ1) is 14.4. The van der Waals surface area contributed by atoms with Gasteiger partial charge in [-0.15, -0.1) is 0 Å². The molecule has 0 aromatic rings. The fourth-order valence-electron chi connectivity index (χ4n) is 1.48. The van der Waals surface area contributed by atoms with Gasteiger partial charge in [0, 0.05) is 6.54 Å². The second kappa shape index (κ2) is 4.56. The zero-order valence-corrected chi connectivity index (χ0v) is 11.0. The standard InChI is InChI=1S/C11H19N3O4/c1-10(2,18)6-12-7(15)5-14-8(16)11(3,4)13-9(14)17/h18H,5-6H2,1-4H3,(H,12,15)(H,13,17). The number of carbonyl (C=O) groups is 3. The Labute approximate surface area is 106 Å².